The molecule has 0 spiro atoms. The quantitative estimate of drug-likeness (QED) is 0.691. The molecule has 0 atom stereocenters. The molecule has 4 rings (SSSR count). The van der Waals surface area contributed by atoms with Gasteiger partial charge in [-0.05, 0) is 25.1 Å². The molecule has 0 bridgehead atoms. The third-order valence-electron chi connectivity index (χ3n) is 4.16. The standard InChI is InChI=1S/C19H14Cl2N4O/c1-11-18(19(26)14-7-13(20)4-5-15(14)21)25-10-16(23-9-17(25)24-11)12-3-2-6-22-8-12/h2-5,7-10,22H,6H2,1H3. The predicted octanol–water partition coefficient (Wildman–Crippen LogP) is 4.08. The fourth-order valence-electron chi connectivity index (χ4n) is 2.92. The predicted molar refractivity (Wildman–Crippen MR) is 103 cm³/mol. The Morgan fingerprint density at radius 2 is 2.15 bits per heavy atom. The maximum Gasteiger partial charge on any atom is 0.213 e. The maximum atomic E-state index is 13.1. The average Bonchev–Trinajstić information content (AvgIpc) is 2.98. The van der Waals surface area contributed by atoms with E-state index in [-0.39, 0.29) is 5.78 Å². The summed E-state index contributed by atoms with van der Waals surface area (Å²) in [5.41, 5.74) is 3.67. The molecule has 26 heavy (non-hydrogen) atoms. The Labute approximate surface area is 160 Å². The van der Waals surface area contributed by atoms with E-state index in [0.29, 0.717) is 32.6 Å². The minimum absolute atomic E-state index is 0.231. The summed E-state index contributed by atoms with van der Waals surface area (Å²) in [6.45, 7) is 2.58. The van der Waals surface area contributed by atoms with Crippen molar-refractivity contribution in [1.29, 1.82) is 0 Å². The molecular formula is C19H14Cl2N4O. The number of dihydropyridines is 1. The zero-order valence-corrected chi connectivity index (χ0v) is 15.3. The molecule has 5 nitrogen and oxygen atoms in total. The molecule has 3 aromatic rings. The third-order valence-corrected chi connectivity index (χ3v) is 4.72. The van der Waals surface area contributed by atoms with Gasteiger partial charge in [0.2, 0.25) is 5.78 Å². The van der Waals surface area contributed by atoms with Gasteiger partial charge in [-0.25, -0.2) is 4.98 Å². The number of hydrogen-bond donors (Lipinski definition) is 1. The number of fused-ring (bicyclic) bond motifs is 1. The lowest BCUT2D eigenvalue weighted by Crippen LogP contribution is -2.11. The maximum absolute atomic E-state index is 13.1. The number of nitrogens with one attached hydrogen (secondary N) is 1. The Morgan fingerprint density at radius 3 is 2.92 bits per heavy atom. The van der Waals surface area contributed by atoms with Crippen LogP contribution in [0.2, 0.25) is 10.0 Å². The summed E-state index contributed by atoms with van der Waals surface area (Å²) in [7, 11) is 0. The molecule has 0 radical (unpaired) electrons. The van der Waals surface area contributed by atoms with Crippen LogP contribution in [0.4, 0.5) is 0 Å². The molecule has 3 heterocycles. The SMILES string of the molecule is Cc1nc2cnc(C3=CNCC=C3)cn2c1C(=O)c1cc(Cl)ccc1Cl. The van der Waals surface area contributed by atoms with Crippen molar-refractivity contribution < 1.29 is 4.79 Å². The molecule has 0 amide bonds. The van der Waals surface area contributed by atoms with Gasteiger partial charge in [-0.1, -0.05) is 35.4 Å². The zero-order chi connectivity index (χ0) is 18.3. The van der Waals surface area contributed by atoms with E-state index in [1.54, 1.807) is 35.7 Å². The van der Waals surface area contributed by atoms with E-state index in [1.807, 2.05) is 24.5 Å². The average molecular weight is 385 g/mol. The highest BCUT2D eigenvalue weighted by Crippen LogP contribution is 2.26. The Bertz CT molecular complexity index is 1100. The van der Waals surface area contributed by atoms with Crippen LogP contribution in [-0.4, -0.2) is 26.7 Å². The minimum Gasteiger partial charge on any atom is -0.387 e. The molecular weight excluding hydrogens is 371 g/mol. The van der Waals surface area contributed by atoms with Crippen LogP contribution < -0.4 is 5.32 Å². The lowest BCUT2D eigenvalue weighted by Gasteiger charge is -2.09. The monoisotopic (exact) mass is 384 g/mol. The van der Waals surface area contributed by atoms with Crippen LogP contribution in [0.1, 0.15) is 27.4 Å². The molecule has 7 heteroatoms. The molecule has 1 N–H and O–H groups in total. The Hall–Kier alpha value is -2.63. The molecule has 1 aliphatic heterocycles. The largest absolute Gasteiger partial charge is 0.387 e. The van der Waals surface area contributed by atoms with Gasteiger partial charge in [0.1, 0.15) is 5.69 Å². The Balaban J connectivity index is 1.87. The Morgan fingerprint density at radius 1 is 1.31 bits per heavy atom. The first-order valence-corrected chi connectivity index (χ1v) is 8.75. The van der Waals surface area contributed by atoms with Gasteiger partial charge in [0.05, 0.1) is 22.6 Å². The number of benzene rings is 1. The number of carbonyl (C=O) groups is 1. The van der Waals surface area contributed by atoms with Crippen molar-refractivity contribution in [3.63, 3.8) is 0 Å². The van der Waals surface area contributed by atoms with Crippen molar-refractivity contribution in [2.24, 2.45) is 0 Å². The molecule has 0 fully saturated rings. The number of hydrogen-bond acceptors (Lipinski definition) is 4. The van der Waals surface area contributed by atoms with Crippen molar-refractivity contribution in [3.8, 4) is 0 Å². The normalized spacial score (nSPS) is 13.6. The third kappa shape index (κ3) is 2.89. The second-order valence-corrected chi connectivity index (χ2v) is 6.75. The molecule has 130 valence electrons. The van der Waals surface area contributed by atoms with Crippen LogP contribution in [0, 0.1) is 6.92 Å². The molecule has 0 saturated carbocycles. The van der Waals surface area contributed by atoms with Gasteiger partial charge >= 0.3 is 0 Å². The number of carbonyl (C=O) groups excluding carboxylic acids is 1. The molecule has 0 saturated heterocycles. The number of allylic oxidation sites excluding steroid dienone is 2. The summed E-state index contributed by atoms with van der Waals surface area (Å²) in [6, 6.07) is 4.84. The van der Waals surface area contributed by atoms with Crippen molar-refractivity contribution >= 4 is 40.2 Å². The van der Waals surface area contributed by atoms with E-state index in [2.05, 4.69) is 15.3 Å². The highest BCUT2D eigenvalue weighted by atomic mass is 35.5. The van der Waals surface area contributed by atoms with Gasteiger partial charge in [0.15, 0.2) is 5.65 Å². The van der Waals surface area contributed by atoms with Gasteiger partial charge in [-0.3, -0.25) is 14.2 Å². The topological polar surface area (TPSA) is 59.3 Å². The Kier molecular flexibility index (Phi) is 4.26. The number of halogens is 2. The van der Waals surface area contributed by atoms with Gasteiger partial charge in [0, 0.05) is 35.1 Å². The van der Waals surface area contributed by atoms with E-state index in [4.69, 9.17) is 23.2 Å². The van der Waals surface area contributed by atoms with E-state index < -0.39 is 0 Å². The lowest BCUT2D eigenvalue weighted by atomic mass is 10.1. The number of ketones is 1. The molecule has 1 aromatic carbocycles. The number of aryl methyl sites for hydroxylation is 1. The highest BCUT2D eigenvalue weighted by molar-refractivity contribution is 6.36. The summed E-state index contributed by atoms with van der Waals surface area (Å²) in [4.78, 5) is 22.0. The summed E-state index contributed by atoms with van der Waals surface area (Å²) >= 11 is 12.3. The van der Waals surface area contributed by atoms with Crippen molar-refractivity contribution in [2.45, 2.75) is 6.92 Å². The molecule has 1 aliphatic rings. The zero-order valence-electron chi connectivity index (χ0n) is 13.8. The second-order valence-electron chi connectivity index (χ2n) is 5.91. The number of rotatable bonds is 3. The van der Waals surface area contributed by atoms with E-state index in [1.165, 1.54) is 0 Å². The van der Waals surface area contributed by atoms with Crippen LogP contribution in [0.3, 0.4) is 0 Å². The van der Waals surface area contributed by atoms with Gasteiger partial charge in [-0.2, -0.15) is 0 Å². The number of aromatic nitrogens is 3. The molecule has 0 unspecified atom stereocenters. The molecule has 0 aliphatic carbocycles. The van der Waals surface area contributed by atoms with Crippen molar-refractivity contribution in [1.82, 2.24) is 19.7 Å². The van der Waals surface area contributed by atoms with Crippen LogP contribution in [-0.2, 0) is 0 Å². The number of imidazole rings is 1. The molecule has 2 aromatic heterocycles. The van der Waals surface area contributed by atoms with E-state index in [9.17, 15) is 4.79 Å². The van der Waals surface area contributed by atoms with Crippen molar-refractivity contribution in [2.75, 3.05) is 6.54 Å². The minimum atomic E-state index is -0.231. The van der Waals surface area contributed by atoms with Crippen molar-refractivity contribution in [3.05, 3.63) is 81.6 Å². The van der Waals surface area contributed by atoms with E-state index in [0.717, 1.165) is 17.8 Å². The van der Waals surface area contributed by atoms with Gasteiger partial charge in [-0.15, -0.1) is 0 Å². The number of nitrogens with zero attached hydrogens (tertiary/aromatic N) is 3. The van der Waals surface area contributed by atoms with Crippen LogP contribution in [0.25, 0.3) is 11.2 Å². The fraction of sp³-hybridized carbons (Fsp3) is 0.105. The summed E-state index contributed by atoms with van der Waals surface area (Å²) in [5, 5.41) is 3.96. The first kappa shape index (κ1) is 16.8. The lowest BCUT2D eigenvalue weighted by molar-refractivity contribution is 0.103. The van der Waals surface area contributed by atoms with Crippen LogP contribution >= 0.6 is 23.2 Å². The first-order valence-electron chi connectivity index (χ1n) is 7.99. The van der Waals surface area contributed by atoms with Crippen LogP contribution in [0.15, 0.2) is 48.9 Å². The first-order chi connectivity index (χ1) is 12.5. The van der Waals surface area contributed by atoms with Gasteiger partial charge < -0.3 is 5.32 Å². The summed E-state index contributed by atoms with van der Waals surface area (Å²) < 4.78 is 1.75. The smallest absolute Gasteiger partial charge is 0.213 e. The summed E-state index contributed by atoms with van der Waals surface area (Å²) in [5.74, 6) is -0.231. The van der Waals surface area contributed by atoms with E-state index >= 15 is 0 Å². The highest BCUT2D eigenvalue weighted by Gasteiger charge is 2.21. The van der Waals surface area contributed by atoms with Gasteiger partial charge in [0.25, 0.3) is 0 Å². The van der Waals surface area contributed by atoms with Crippen LogP contribution in [0.5, 0.6) is 0 Å². The fourth-order valence-corrected chi connectivity index (χ4v) is 3.30. The summed E-state index contributed by atoms with van der Waals surface area (Å²) in [6.07, 6.45) is 9.36. The second kappa shape index (κ2) is 6.59.